The highest BCUT2D eigenvalue weighted by molar-refractivity contribution is 5.97. The molecule has 11 heteroatoms. The minimum Gasteiger partial charge on any atom is -0.457 e. The number of benzene rings is 3. The first-order chi connectivity index (χ1) is 21.5. The summed E-state index contributed by atoms with van der Waals surface area (Å²) in [5.41, 5.74) is 1.42. The van der Waals surface area contributed by atoms with Crippen molar-refractivity contribution in [1.82, 2.24) is 15.1 Å². The van der Waals surface area contributed by atoms with Gasteiger partial charge in [-0.3, -0.25) is 19.4 Å². The highest BCUT2D eigenvalue weighted by atomic mass is 19.1. The molecule has 10 nitrogen and oxygen atoms in total. The Morgan fingerprint density at radius 2 is 1.57 bits per heavy atom. The third-order valence-corrected chi connectivity index (χ3v) is 7.53. The van der Waals surface area contributed by atoms with Gasteiger partial charge in [-0.1, -0.05) is 30.3 Å². The molecule has 0 aromatic heterocycles. The summed E-state index contributed by atoms with van der Waals surface area (Å²) >= 11 is 0. The van der Waals surface area contributed by atoms with Gasteiger partial charge < -0.3 is 20.1 Å². The van der Waals surface area contributed by atoms with Crippen molar-refractivity contribution in [3.05, 3.63) is 90.2 Å². The number of carbonyl (C=O) groups excluding carboxylic acids is 2. The van der Waals surface area contributed by atoms with Gasteiger partial charge in [-0.2, -0.15) is 0 Å². The molecule has 2 atom stereocenters. The van der Waals surface area contributed by atoms with Crippen molar-refractivity contribution in [2.24, 2.45) is 0 Å². The Bertz CT molecular complexity index is 1310. The molecule has 2 fully saturated rings. The van der Waals surface area contributed by atoms with Crippen LogP contribution in [0.25, 0.3) is 0 Å². The Morgan fingerprint density at radius 3 is 2.25 bits per heavy atom. The molecule has 44 heavy (non-hydrogen) atoms. The molecule has 0 aliphatic carbocycles. The molecule has 0 radical (unpaired) electrons. The number of nitrogens with zero attached hydrogens (tertiary/aromatic N) is 2. The van der Waals surface area contributed by atoms with Gasteiger partial charge in [-0.15, -0.1) is 0 Å². The highest BCUT2D eigenvalue weighted by Crippen LogP contribution is 2.23. The van der Waals surface area contributed by atoms with Gasteiger partial charge in [-0.25, -0.2) is 14.2 Å². The Labute approximate surface area is 256 Å². The molecular formula is C33H39FN4O6. The van der Waals surface area contributed by atoms with Crippen LogP contribution in [0.1, 0.15) is 18.4 Å². The summed E-state index contributed by atoms with van der Waals surface area (Å²) in [5, 5.41) is 5.64. The van der Waals surface area contributed by atoms with E-state index in [4.69, 9.17) is 19.2 Å². The number of amides is 2. The van der Waals surface area contributed by atoms with E-state index < -0.39 is 11.9 Å². The Kier molecular flexibility index (Phi) is 11.7. The van der Waals surface area contributed by atoms with Crippen molar-refractivity contribution < 1.29 is 33.2 Å². The molecule has 0 spiro atoms. The molecular weight excluding hydrogens is 567 g/mol. The smallest absolute Gasteiger partial charge is 0.249 e. The third-order valence-electron chi connectivity index (χ3n) is 7.53. The first kappa shape index (κ1) is 31.6. The number of ether oxygens (including phenoxy) is 2. The quantitative estimate of drug-likeness (QED) is 0.162. The number of halogens is 1. The lowest BCUT2D eigenvalue weighted by Crippen LogP contribution is -2.53. The van der Waals surface area contributed by atoms with E-state index in [1.165, 1.54) is 24.3 Å². The molecule has 2 heterocycles. The minimum atomic E-state index is -0.991. The zero-order valence-electron chi connectivity index (χ0n) is 24.7. The molecule has 2 saturated heterocycles. The van der Waals surface area contributed by atoms with Gasteiger partial charge in [0.05, 0.1) is 12.6 Å². The second kappa shape index (κ2) is 16.3. The van der Waals surface area contributed by atoms with Gasteiger partial charge in [0.25, 0.3) is 0 Å². The summed E-state index contributed by atoms with van der Waals surface area (Å²) < 4.78 is 24.6. The molecule has 2 amide bonds. The van der Waals surface area contributed by atoms with Crippen LogP contribution in [-0.2, 0) is 30.7 Å². The zero-order valence-corrected chi connectivity index (χ0v) is 24.7. The maximum atomic E-state index is 13.3. The van der Waals surface area contributed by atoms with Gasteiger partial charge in [0.2, 0.25) is 11.8 Å². The van der Waals surface area contributed by atoms with Crippen LogP contribution < -0.4 is 15.4 Å². The van der Waals surface area contributed by atoms with Gasteiger partial charge >= 0.3 is 0 Å². The van der Waals surface area contributed by atoms with E-state index in [-0.39, 0.29) is 31.5 Å². The minimum absolute atomic E-state index is 0.175. The van der Waals surface area contributed by atoms with Crippen molar-refractivity contribution >= 4 is 17.5 Å². The van der Waals surface area contributed by atoms with Crippen LogP contribution in [0.15, 0.2) is 78.9 Å². The highest BCUT2D eigenvalue weighted by Gasteiger charge is 2.26. The van der Waals surface area contributed by atoms with Crippen molar-refractivity contribution in [2.75, 3.05) is 57.8 Å². The average molecular weight is 607 g/mol. The van der Waals surface area contributed by atoms with Gasteiger partial charge in [0, 0.05) is 45.0 Å². The number of rotatable bonds is 14. The molecule has 3 aromatic carbocycles. The van der Waals surface area contributed by atoms with Gasteiger partial charge in [0.15, 0.2) is 0 Å². The molecule has 5 rings (SSSR count). The summed E-state index contributed by atoms with van der Waals surface area (Å²) in [5.74, 6) is -0.0577. The van der Waals surface area contributed by atoms with Crippen LogP contribution in [0.2, 0.25) is 0 Å². The Balaban J connectivity index is 1.12. The number of carbonyl (C=O) groups is 2. The molecule has 234 valence electrons. The standard InChI is InChI=1S/C33H39FN4O6/c34-26-8-12-28(13-9-26)44-29-14-10-27(11-15-29)35-33(40)31(24-43-42-23-25-5-2-1-3-6-25)36-32(39)22-38-18-16-37(17-19-38)21-30-7-4-20-41-30/h1-3,5-6,8-15,30-31H,4,7,16-24H2,(H,35,40)(H,36,39)/t30?,31-/m0/s1. The van der Waals surface area contributed by atoms with E-state index >= 15 is 0 Å². The van der Waals surface area contributed by atoms with E-state index in [0.717, 1.165) is 57.7 Å². The van der Waals surface area contributed by atoms with Crippen molar-refractivity contribution in [3.63, 3.8) is 0 Å². The maximum absolute atomic E-state index is 13.3. The molecule has 1 unspecified atom stereocenters. The summed E-state index contributed by atoms with van der Waals surface area (Å²) in [6, 6.07) is 20.9. The summed E-state index contributed by atoms with van der Waals surface area (Å²) in [6.07, 6.45) is 2.54. The zero-order chi connectivity index (χ0) is 30.6. The summed E-state index contributed by atoms with van der Waals surface area (Å²) in [6.45, 7) is 5.25. The Hall–Kier alpha value is -3.87. The van der Waals surface area contributed by atoms with E-state index in [9.17, 15) is 14.0 Å². The molecule has 2 aliphatic heterocycles. The lowest BCUT2D eigenvalue weighted by Gasteiger charge is -2.35. The third kappa shape index (κ3) is 10.1. The fourth-order valence-corrected chi connectivity index (χ4v) is 5.11. The lowest BCUT2D eigenvalue weighted by molar-refractivity contribution is -0.305. The lowest BCUT2D eigenvalue weighted by atomic mass is 10.2. The number of piperazine rings is 1. The fraction of sp³-hybridized carbons (Fsp3) is 0.394. The predicted octanol–water partition coefficient (Wildman–Crippen LogP) is 3.99. The summed E-state index contributed by atoms with van der Waals surface area (Å²) in [7, 11) is 0. The van der Waals surface area contributed by atoms with Crippen LogP contribution in [-0.4, -0.2) is 86.2 Å². The second-order valence-corrected chi connectivity index (χ2v) is 10.9. The fourth-order valence-electron chi connectivity index (χ4n) is 5.11. The molecule has 0 bridgehead atoms. The summed E-state index contributed by atoms with van der Waals surface area (Å²) in [4.78, 5) is 41.5. The monoisotopic (exact) mass is 606 g/mol. The maximum Gasteiger partial charge on any atom is 0.249 e. The van der Waals surface area contributed by atoms with E-state index in [0.29, 0.717) is 23.3 Å². The van der Waals surface area contributed by atoms with E-state index in [1.54, 1.807) is 24.3 Å². The molecule has 0 saturated carbocycles. The van der Waals surface area contributed by atoms with Crippen LogP contribution in [0.3, 0.4) is 0 Å². The molecule has 2 aliphatic rings. The van der Waals surface area contributed by atoms with Crippen LogP contribution >= 0.6 is 0 Å². The van der Waals surface area contributed by atoms with Crippen molar-refractivity contribution in [3.8, 4) is 11.5 Å². The first-order valence-electron chi connectivity index (χ1n) is 15.0. The van der Waals surface area contributed by atoms with Crippen LogP contribution in [0.5, 0.6) is 11.5 Å². The van der Waals surface area contributed by atoms with Crippen molar-refractivity contribution in [1.29, 1.82) is 0 Å². The first-order valence-corrected chi connectivity index (χ1v) is 15.0. The van der Waals surface area contributed by atoms with Gasteiger partial charge in [-0.05, 0) is 66.9 Å². The average Bonchev–Trinajstić information content (AvgIpc) is 3.55. The van der Waals surface area contributed by atoms with E-state index in [2.05, 4.69) is 20.4 Å². The topological polar surface area (TPSA) is 102 Å². The number of hydrogen-bond donors (Lipinski definition) is 2. The van der Waals surface area contributed by atoms with E-state index in [1.807, 2.05) is 30.3 Å². The number of nitrogens with one attached hydrogen (secondary N) is 2. The molecule has 2 N–H and O–H groups in total. The SMILES string of the molecule is O=C(CN1CCN(CC2CCCO2)CC1)N[C@@H](COOCc1ccccc1)C(=O)Nc1ccc(Oc2ccc(F)cc2)cc1. The Morgan fingerprint density at radius 1 is 0.886 bits per heavy atom. The number of hydrogen-bond acceptors (Lipinski definition) is 8. The van der Waals surface area contributed by atoms with Gasteiger partial charge in [0.1, 0.15) is 36.6 Å². The van der Waals surface area contributed by atoms with Crippen molar-refractivity contribution in [2.45, 2.75) is 31.6 Å². The predicted molar refractivity (Wildman–Crippen MR) is 163 cm³/mol. The normalized spacial score (nSPS) is 18.1. The largest absolute Gasteiger partial charge is 0.457 e. The number of anilines is 1. The second-order valence-electron chi connectivity index (χ2n) is 10.9. The van der Waals surface area contributed by atoms with Crippen LogP contribution in [0.4, 0.5) is 10.1 Å². The van der Waals surface area contributed by atoms with Crippen LogP contribution in [0, 0.1) is 5.82 Å². The molecule has 3 aromatic rings.